The van der Waals surface area contributed by atoms with Crippen LogP contribution in [0.1, 0.15) is 26.7 Å². The molecule has 0 heterocycles. The van der Waals surface area contributed by atoms with Crippen molar-refractivity contribution in [3.63, 3.8) is 0 Å². The van der Waals surface area contributed by atoms with Gasteiger partial charge in [0.25, 0.3) is 0 Å². The van der Waals surface area contributed by atoms with Crippen LogP contribution in [-0.2, 0) is 9.47 Å². The van der Waals surface area contributed by atoms with E-state index in [1.165, 1.54) is 0 Å². The Morgan fingerprint density at radius 1 is 1.19 bits per heavy atom. The van der Waals surface area contributed by atoms with Crippen molar-refractivity contribution >= 4 is 0 Å². The topological polar surface area (TPSA) is 50.7 Å². The Balaban J connectivity index is 3.33. The Labute approximate surface area is 99.3 Å². The average Bonchev–Trinajstić information content (AvgIpc) is 2.26. The van der Waals surface area contributed by atoms with Crippen LogP contribution in [0, 0.1) is 5.92 Å². The summed E-state index contributed by atoms with van der Waals surface area (Å²) in [6, 6.07) is 0.406. The summed E-state index contributed by atoms with van der Waals surface area (Å²) in [5.41, 5.74) is 0. The molecule has 0 aromatic carbocycles. The third-order valence-electron chi connectivity index (χ3n) is 2.55. The van der Waals surface area contributed by atoms with Crippen molar-refractivity contribution in [2.24, 2.45) is 5.92 Å². The second-order valence-electron chi connectivity index (χ2n) is 4.28. The van der Waals surface area contributed by atoms with Gasteiger partial charge in [0.2, 0.25) is 0 Å². The summed E-state index contributed by atoms with van der Waals surface area (Å²) < 4.78 is 10.2. The first-order chi connectivity index (χ1) is 7.72. The normalized spacial score (nSPS) is 13.3. The van der Waals surface area contributed by atoms with Gasteiger partial charge in [-0.25, -0.2) is 0 Å². The molecule has 0 spiro atoms. The van der Waals surface area contributed by atoms with Gasteiger partial charge in [-0.1, -0.05) is 13.8 Å². The van der Waals surface area contributed by atoms with Crippen molar-refractivity contribution in [2.45, 2.75) is 32.7 Å². The molecule has 1 atom stereocenters. The van der Waals surface area contributed by atoms with Crippen LogP contribution in [0.5, 0.6) is 0 Å². The Hall–Kier alpha value is -0.160. The highest BCUT2D eigenvalue weighted by Gasteiger charge is 2.10. The fraction of sp³-hybridized carbons (Fsp3) is 1.00. The third-order valence-corrected chi connectivity index (χ3v) is 2.55. The first kappa shape index (κ1) is 15.8. The molecule has 0 fully saturated rings. The Kier molecular flexibility index (Phi) is 11.2. The van der Waals surface area contributed by atoms with Crippen molar-refractivity contribution in [3.05, 3.63) is 0 Å². The molecule has 0 aromatic rings. The lowest BCUT2D eigenvalue weighted by molar-refractivity contribution is 0.0689. The summed E-state index contributed by atoms with van der Waals surface area (Å²) in [5, 5.41) is 12.3. The maximum Gasteiger partial charge on any atom is 0.0700 e. The predicted octanol–water partition coefficient (Wildman–Crippen LogP) is 1.04. The SMILES string of the molecule is COCCOCCCNC(CCO)C(C)C. The minimum atomic E-state index is 0.250. The molecule has 2 N–H and O–H groups in total. The maximum absolute atomic E-state index is 8.91. The van der Waals surface area contributed by atoms with E-state index in [-0.39, 0.29) is 6.61 Å². The highest BCUT2D eigenvalue weighted by Crippen LogP contribution is 2.05. The number of hydrogen-bond donors (Lipinski definition) is 2. The monoisotopic (exact) mass is 233 g/mol. The number of aliphatic hydroxyl groups excluding tert-OH is 1. The van der Waals surface area contributed by atoms with Crippen LogP contribution in [0.2, 0.25) is 0 Å². The number of methoxy groups -OCH3 is 1. The molecule has 0 saturated carbocycles. The molecule has 1 unspecified atom stereocenters. The number of ether oxygens (including phenoxy) is 2. The summed E-state index contributed by atoms with van der Waals surface area (Å²) in [5.74, 6) is 0.557. The molecular formula is C12H27NO3. The van der Waals surface area contributed by atoms with Crippen molar-refractivity contribution in [1.82, 2.24) is 5.32 Å². The van der Waals surface area contributed by atoms with Crippen LogP contribution < -0.4 is 5.32 Å². The highest BCUT2D eigenvalue weighted by molar-refractivity contribution is 4.69. The average molecular weight is 233 g/mol. The third kappa shape index (κ3) is 9.09. The van der Waals surface area contributed by atoms with Crippen molar-refractivity contribution in [2.75, 3.05) is 40.1 Å². The minimum Gasteiger partial charge on any atom is -0.396 e. The van der Waals surface area contributed by atoms with Gasteiger partial charge < -0.3 is 19.9 Å². The predicted molar refractivity (Wildman–Crippen MR) is 65.6 cm³/mol. The van der Waals surface area contributed by atoms with E-state index in [0.29, 0.717) is 25.2 Å². The van der Waals surface area contributed by atoms with Gasteiger partial charge in [0.05, 0.1) is 13.2 Å². The molecule has 0 rings (SSSR count). The van der Waals surface area contributed by atoms with Gasteiger partial charge in [-0.05, 0) is 25.3 Å². The molecule has 16 heavy (non-hydrogen) atoms. The molecular weight excluding hydrogens is 206 g/mol. The number of nitrogens with one attached hydrogen (secondary N) is 1. The molecule has 4 nitrogen and oxygen atoms in total. The maximum atomic E-state index is 8.91. The number of aliphatic hydroxyl groups is 1. The number of rotatable bonds is 11. The first-order valence-corrected chi connectivity index (χ1v) is 6.13. The van der Waals surface area contributed by atoms with E-state index in [4.69, 9.17) is 14.6 Å². The van der Waals surface area contributed by atoms with E-state index in [1.807, 2.05) is 0 Å². The molecule has 0 bridgehead atoms. The molecule has 0 aliphatic rings. The van der Waals surface area contributed by atoms with Gasteiger partial charge in [-0.3, -0.25) is 0 Å². The van der Waals surface area contributed by atoms with E-state index >= 15 is 0 Å². The molecule has 98 valence electrons. The molecule has 0 aliphatic heterocycles. The summed E-state index contributed by atoms with van der Waals surface area (Å²) >= 11 is 0. The zero-order valence-corrected chi connectivity index (χ0v) is 10.9. The fourth-order valence-electron chi connectivity index (χ4n) is 1.52. The minimum absolute atomic E-state index is 0.250. The second-order valence-corrected chi connectivity index (χ2v) is 4.28. The fourth-order valence-corrected chi connectivity index (χ4v) is 1.52. The van der Waals surface area contributed by atoms with E-state index in [9.17, 15) is 0 Å². The van der Waals surface area contributed by atoms with Crippen LogP contribution in [0.3, 0.4) is 0 Å². The summed E-state index contributed by atoms with van der Waals surface area (Å²) in [6.07, 6.45) is 1.82. The van der Waals surface area contributed by atoms with Crippen molar-refractivity contribution in [1.29, 1.82) is 0 Å². The molecule has 4 heteroatoms. The molecule has 0 aromatic heterocycles. The van der Waals surface area contributed by atoms with Crippen LogP contribution >= 0.6 is 0 Å². The van der Waals surface area contributed by atoms with Gasteiger partial charge >= 0.3 is 0 Å². The lowest BCUT2D eigenvalue weighted by Crippen LogP contribution is -2.35. The van der Waals surface area contributed by atoms with Crippen LogP contribution in [0.4, 0.5) is 0 Å². The summed E-state index contributed by atoms with van der Waals surface area (Å²) in [6.45, 7) is 7.62. The van der Waals surface area contributed by atoms with Gasteiger partial charge in [-0.2, -0.15) is 0 Å². The van der Waals surface area contributed by atoms with Crippen molar-refractivity contribution < 1.29 is 14.6 Å². The standard InChI is InChI=1S/C12H27NO3/c1-11(2)12(5-7-14)13-6-4-8-16-10-9-15-3/h11-14H,4-10H2,1-3H3. The highest BCUT2D eigenvalue weighted by atomic mass is 16.5. The van der Waals surface area contributed by atoms with Crippen LogP contribution in [0.25, 0.3) is 0 Å². The zero-order chi connectivity index (χ0) is 12.2. The Morgan fingerprint density at radius 3 is 2.50 bits per heavy atom. The lowest BCUT2D eigenvalue weighted by atomic mass is 10.0. The second kappa shape index (κ2) is 11.3. The van der Waals surface area contributed by atoms with Gasteiger partial charge in [0.15, 0.2) is 0 Å². The van der Waals surface area contributed by atoms with Crippen LogP contribution in [0.15, 0.2) is 0 Å². The Bertz CT molecular complexity index is 142. The number of hydrogen-bond acceptors (Lipinski definition) is 4. The summed E-state index contributed by atoms with van der Waals surface area (Å²) in [7, 11) is 1.67. The van der Waals surface area contributed by atoms with Crippen LogP contribution in [-0.4, -0.2) is 51.2 Å². The first-order valence-electron chi connectivity index (χ1n) is 6.13. The Morgan fingerprint density at radius 2 is 1.94 bits per heavy atom. The molecule has 0 amide bonds. The van der Waals surface area contributed by atoms with E-state index in [2.05, 4.69) is 19.2 Å². The summed E-state index contributed by atoms with van der Waals surface area (Å²) in [4.78, 5) is 0. The molecule has 0 radical (unpaired) electrons. The quantitative estimate of drug-likeness (QED) is 0.524. The van der Waals surface area contributed by atoms with E-state index in [1.54, 1.807) is 7.11 Å². The van der Waals surface area contributed by atoms with Gasteiger partial charge in [0.1, 0.15) is 0 Å². The molecule has 0 aliphatic carbocycles. The smallest absolute Gasteiger partial charge is 0.0700 e. The van der Waals surface area contributed by atoms with Gasteiger partial charge in [-0.15, -0.1) is 0 Å². The molecule has 0 saturated heterocycles. The lowest BCUT2D eigenvalue weighted by Gasteiger charge is -2.21. The zero-order valence-electron chi connectivity index (χ0n) is 10.9. The van der Waals surface area contributed by atoms with E-state index in [0.717, 1.165) is 26.0 Å². The van der Waals surface area contributed by atoms with Crippen molar-refractivity contribution in [3.8, 4) is 0 Å². The van der Waals surface area contributed by atoms with Gasteiger partial charge in [0, 0.05) is 26.4 Å². The van der Waals surface area contributed by atoms with E-state index < -0.39 is 0 Å². The largest absolute Gasteiger partial charge is 0.396 e.